The number of aromatic nitrogens is 2. The van der Waals surface area contributed by atoms with Crippen LogP contribution in [0.3, 0.4) is 0 Å². The van der Waals surface area contributed by atoms with E-state index in [9.17, 15) is 14.4 Å². The number of amides is 2. The number of carbonyl (C=O) groups is 2. The Morgan fingerprint density at radius 3 is 2.64 bits per heavy atom. The monoisotopic (exact) mass is 376 g/mol. The summed E-state index contributed by atoms with van der Waals surface area (Å²) in [7, 11) is 0. The Morgan fingerprint density at radius 1 is 1.07 bits per heavy atom. The molecule has 4 rings (SSSR count). The van der Waals surface area contributed by atoms with Crippen LogP contribution in [0.4, 0.5) is 5.69 Å². The highest BCUT2D eigenvalue weighted by Gasteiger charge is 2.34. The maximum absolute atomic E-state index is 12.5. The molecule has 0 saturated carbocycles. The molecule has 28 heavy (non-hydrogen) atoms. The van der Waals surface area contributed by atoms with Crippen LogP contribution < -0.4 is 15.8 Å². The molecule has 2 aromatic carbocycles. The van der Waals surface area contributed by atoms with E-state index >= 15 is 0 Å². The van der Waals surface area contributed by atoms with Crippen LogP contribution in [-0.4, -0.2) is 34.5 Å². The maximum Gasteiger partial charge on any atom is 0.261 e. The standard InChI is InChI=1S/C21H20N4O3/c26-19-12-15(13-25(19)16-6-2-1-3-7-16)20(27)22-10-11-24-14-23-18-9-5-4-8-17(18)21(24)28/h1-9,14-15H,10-13H2,(H,22,27)/t15-/m1/s1. The van der Waals surface area contributed by atoms with Gasteiger partial charge in [-0.1, -0.05) is 30.3 Å². The molecule has 1 N–H and O–H groups in total. The minimum atomic E-state index is -0.390. The zero-order valence-electron chi connectivity index (χ0n) is 15.2. The molecule has 0 radical (unpaired) electrons. The molecular formula is C21H20N4O3. The van der Waals surface area contributed by atoms with Gasteiger partial charge in [0, 0.05) is 31.7 Å². The van der Waals surface area contributed by atoms with E-state index in [0.29, 0.717) is 30.5 Å². The van der Waals surface area contributed by atoms with Crippen LogP contribution in [0.25, 0.3) is 10.9 Å². The summed E-state index contributed by atoms with van der Waals surface area (Å²) in [5.74, 6) is -0.617. The number of nitrogens with zero attached hydrogens (tertiary/aromatic N) is 3. The third-order valence-electron chi connectivity index (χ3n) is 4.95. The fourth-order valence-corrected chi connectivity index (χ4v) is 3.45. The van der Waals surface area contributed by atoms with Crippen LogP contribution in [0.15, 0.2) is 65.7 Å². The maximum atomic E-state index is 12.5. The average molecular weight is 376 g/mol. The van der Waals surface area contributed by atoms with E-state index in [1.165, 1.54) is 10.9 Å². The number of rotatable bonds is 5. The van der Waals surface area contributed by atoms with E-state index in [-0.39, 0.29) is 29.7 Å². The minimum absolute atomic E-state index is 0.0544. The van der Waals surface area contributed by atoms with Gasteiger partial charge in [-0.2, -0.15) is 0 Å². The Labute approximate surface area is 161 Å². The van der Waals surface area contributed by atoms with Gasteiger partial charge in [-0.3, -0.25) is 19.0 Å². The SMILES string of the molecule is O=C(NCCn1cnc2ccccc2c1=O)[C@@H]1CC(=O)N(c2ccccc2)C1. The van der Waals surface area contributed by atoms with Crippen molar-refractivity contribution in [3.05, 3.63) is 71.3 Å². The number of para-hydroxylation sites is 2. The third-order valence-corrected chi connectivity index (χ3v) is 4.95. The second kappa shape index (κ2) is 7.64. The van der Waals surface area contributed by atoms with Crippen molar-refractivity contribution in [1.29, 1.82) is 0 Å². The Hall–Kier alpha value is -3.48. The summed E-state index contributed by atoms with van der Waals surface area (Å²) in [6.07, 6.45) is 1.69. The molecule has 1 aliphatic rings. The van der Waals surface area contributed by atoms with Gasteiger partial charge in [0.2, 0.25) is 11.8 Å². The van der Waals surface area contributed by atoms with Gasteiger partial charge in [0.1, 0.15) is 0 Å². The fraction of sp³-hybridized carbons (Fsp3) is 0.238. The van der Waals surface area contributed by atoms with Crippen LogP contribution in [0, 0.1) is 5.92 Å². The quantitative estimate of drug-likeness (QED) is 0.733. The first-order chi connectivity index (χ1) is 13.6. The highest BCUT2D eigenvalue weighted by Crippen LogP contribution is 2.24. The summed E-state index contributed by atoms with van der Waals surface area (Å²) in [4.78, 5) is 43.1. The molecule has 1 fully saturated rings. The molecule has 0 spiro atoms. The first-order valence-corrected chi connectivity index (χ1v) is 9.21. The molecule has 7 heteroatoms. The molecule has 1 aliphatic heterocycles. The molecule has 0 unspecified atom stereocenters. The second-order valence-corrected chi connectivity index (χ2v) is 6.79. The van der Waals surface area contributed by atoms with Crippen LogP contribution in [0.5, 0.6) is 0 Å². The summed E-state index contributed by atoms with van der Waals surface area (Å²) in [5.41, 5.74) is 1.32. The number of fused-ring (bicyclic) bond motifs is 1. The highest BCUT2D eigenvalue weighted by atomic mass is 16.2. The predicted octanol–water partition coefficient (Wildman–Crippen LogP) is 1.57. The van der Waals surface area contributed by atoms with Crippen LogP contribution >= 0.6 is 0 Å². The Morgan fingerprint density at radius 2 is 1.82 bits per heavy atom. The van der Waals surface area contributed by atoms with Gasteiger partial charge in [0.15, 0.2) is 0 Å². The molecule has 1 saturated heterocycles. The highest BCUT2D eigenvalue weighted by molar-refractivity contribution is 6.00. The van der Waals surface area contributed by atoms with Crippen molar-refractivity contribution >= 4 is 28.4 Å². The van der Waals surface area contributed by atoms with Crippen molar-refractivity contribution < 1.29 is 9.59 Å². The van der Waals surface area contributed by atoms with Crippen LogP contribution in [0.1, 0.15) is 6.42 Å². The van der Waals surface area contributed by atoms with Gasteiger partial charge in [-0.25, -0.2) is 4.98 Å². The first-order valence-electron chi connectivity index (χ1n) is 9.21. The van der Waals surface area contributed by atoms with Crippen molar-refractivity contribution in [1.82, 2.24) is 14.9 Å². The number of nitrogens with one attached hydrogen (secondary N) is 1. The largest absolute Gasteiger partial charge is 0.354 e. The molecule has 0 bridgehead atoms. The average Bonchev–Trinajstić information content (AvgIpc) is 3.12. The number of benzene rings is 2. The predicted molar refractivity (Wildman–Crippen MR) is 106 cm³/mol. The van der Waals surface area contributed by atoms with E-state index in [1.54, 1.807) is 23.1 Å². The van der Waals surface area contributed by atoms with Gasteiger partial charge in [-0.15, -0.1) is 0 Å². The molecule has 2 heterocycles. The van der Waals surface area contributed by atoms with Gasteiger partial charge in [0.05, 0.1) is 23.1 Å². The summed E-state index contributed by atoms with van der Waals surface area (Å²) in [6.45, 7) is 0.992. The van der Waals surface area contributed by atoms with E-state index < -0.39 is 0 Å². The molecule has 3 aromatic rings. The van der Waals surface area contributed by atoms with Gasteiger partial charge in [-0.05, 0) is 24.3 Å². The van der Waals surface area contributed by atoms with Gasteiger partial charge in [0.25, 0.3) is 5.56 Å². The third kappa shape index (κ3) is 3.51. The van der Waals surface area contributed by atoms with Crippen LogP contribution in [-0.2, 0) is 16.1 Å². The lowest BCUT2D eigenvalue weighted by molar-refractivity contribution is -0.126. The molecule has 0 aliphatic carbocycles. The Bertz CT molecular complexity index is 1080. The summed E-state index contributed by atoms with van der Waals surface area (Å²) in [6, 6.07) is 16.5. The lowest BCUT2D eigenvalue weighted by Gasteiger charge is -2.16. The number of hydrogen-bond donors (Lipinski definition) is 1. The van der Waals surface area contributed by atoms with Gasteiger partial charge >= 0.3 is 0 Å². The number of anilines is 1. The minimum Gasteiger partial charge on any atom is -0.354 e. The van der Waals surface area contributed by atoms with E-state index in [4.69, 9.17) is 0 Å². The Balaban J connectivity index is 1.36. The molecule has 1 atom stereocenters. The lowest BCUT2D eigenvalue weighted by Crippen LogP contribution is -2.36. The van der Waals surface area contributed by atoms with Crippen LogP contribution in [0.2, 0.25) is 0 Å². The molecule has 2 amide bonds. The summed E-state index contributed by atoms with van der Waals surface area (Å²) < 4.78 is 1.48. The molecule has 1 aromatic heterocycles. The molecular weight excluding hydrogens is 356 g/mol. The van der Waals surface area contributed by atoms with E-state index in [2.05, 4.69) is 10.3 Å². The smallest absolute Gasteiger partial charge is 0.261 e. The van der Waals surface area contributed by atoms with Crippen molar-refractivity contribution in [2.45, 2.75) is 13.0 Å². The lowest BCUT2D eigenvalue weighted by atomic mass is 10.1. The number of hydrogen-bond acceptors (Lipinski definition) is 4. The topological polar surface area (TPSA) is 84.3 Å². The van der Waals surface area contributed by atoms with E-state index in [0.717, 1.165) is 5.69 Å². The molecule has 142 valence electrons. The van der Waals surface area contributed by atoms with Crippen molar-refractivity contribution in [3.63, 3.8) is 0 Å². The zero-order chi connectivity index (χ0) is 19.5. The number of carbonyl (C=O) groups excluding carboxylic acids is 2. The fourth-order valence-electron chi connectivity index (χ4n) is 3.45. The summed E-state index contributed by atoms with van der Waals surface area (Å²) in [5, 5.41) is 3.39. The second-order valence-electron chi connectivity index (χ2n) is 6.79. The first kappa shape index (κ1) is 17.9. The van der Waals surface area contributed by atoms with Crippen molar-refractivity contribution in [2.24, 2.45) is 5.92 Å². The summed E-state index contributed by atoms with van der Waals surface area (Å²) >= 11 is 0. The van der Waals surface area contributed by atoms with Crippen molar-refractivity contribution in [2.75, 3.05) is 18.0 Å². The Kier molecular flexibility index (Phi) is 4.89. The van der Waals surface area contributed by atoms with E-state index in [1.807, 2.05) is 36.4 Å². The zero-order valence-corrected chi connectivity index (χ0v) is 15.2. The normalized spacial score (nSPS) is 16.5. The van der Waals surface area contributed by atoms with Crippen molar-refractivity contribution in [3.8, 4) is 0 Å². The molecule has 7 nitrogen and oxygen atoms in total. The van der Waals surface area contributed by atoms with Gasteiger partial charge < -0.3 is 10.2 Å².